The summed E-state index contributed by atoms with van der Waals surface area (Å²) in [7, 11) is 5.84. The van der Waals surface area contributed by atoms with Crippen molar-refractivity contribution >= 4 is 29.0 Å². The van der Waals surface area contributed by atoms with Crippen LogP contribution in [0.2, 0.25) is 0 Å². The van der Waals surface area contributed by atoms with Crippen LogP contribution in [0.25, 0.3) is 0 Å². The summed E-state index contributed by atoms with van der Waals surface area (Å²) in [5.74, 6) is -0.713. The minimum Gasteiger partial charge on any atom is -0.493 e. The largest absolute Gasteiger partial charge is 0.493 e. The third-order valence-electron chi connectivity index (χ3n) is 4.33. The van der Waals surface area contributed by atoms with Crippen LogP contribution in [0.5, 0.6) is 17.2 Å². The van der Waals surface area contributed by atoms with Crippen LogP contribution in [0.4, 0.5) is 11.4 Å². The minimum absolute atomic E-state index is 0.0314. The molecule has 0 saturated carbocycles. The van der Waals surface area contributed by atoms with Crippen LogP contribution in [0, 0.1) is 10.1 Å². The van der Waals surface area contributed by atoms with Gasteiger partial charge in [0.05, 0.1) is 26.3 Å². The number of imidazole rings is 1. The molecule has 0 fully saturated rings. The van der Waals surface area contributed by atoms with Crippen molar-refractivity contribution in [2.24, 2.45) is 7.05 Å². The number of aryl methyl sites for hydroxylation is 1. The number of nitro groups is 1. The average Bonchev–Trinajstić information content (AvgIpc) is 3.17. The molecule has 11 heteroatoms. The van der Waals surface area contributed by atoms with Gasteiger partial charge in [-0.25, -0.2) is 4.98 Å². The standard InChI is InChI=1S/C20H20N4O6S/c1-23-10-9-21-20(23)31-13-7-5-12(6-8-13)22-19(25)14-11-15(28-2)17(29-3)18(30-4)16(14)24(26)27/h5-11H,1-4H3,(H,22,25). The topological polar surface area (TPSA) is 118 Å². The van der Waals surface area contributed by atoms with Crippen LogP contribution in [0.1, 0.15) is 10.4 Å². The summed E-state index contributed by atoms with van der Waals surface area (Å²) in [5.41, 5.74) is -0.261. The zero-order valence-electron chi connectivity index (χ0n) is 17.2. The smallest absolute Gasteiger partial charge is 0.327 e. The first-order valence-electron chi connectivity index (χ1n) is 8.93. The summed E-state index contributed by atoms with van der Waals surface area (Å²) in [6, 6.07) is 8.29. The molecular weight excluding hydrogens is 424 g/mol. The maximum Gasteiger partial charge on any atom is 0.327 e. The summed E-state index contributed by atoms with van der Waals surface area (Å²) in [6.45, 7) is 0. The van der Waals surface area contributed by atoms with Crippen molar-refractivity contribution < 1.29 is 23.9 Å². The Morgan fingerprint density at radius 3 is 2.32 bits per heavy atom. The number of methoxy groups -OCH3 is 3. The highest BCUT2D eigenvalue weighted by Crippen LogP contribution is 2.46. The second kappa shape index (κ2) is 9.39. The lowest BCUT2D eigenvalue weighted by Gasteiger charge is -2.15. The van der Waals surface area contributed by atoms with E-state index < -0.39 is 16.5 Å². The number of anilines is 1. The number of ether oxygens (including phenoxy) is 3. The van der Waals surface area contributed by atoms with Crippen LogP contribution in [0.3, 0.4) is 0 Å². The monoisotopic (exact) mass is 444 g/mol. The molecule has 31 heavy (non-hydrogen) atoms. The Balaban J connectivity index is 1.89. The summed E-state index contributed by atoms with van der Waals surface area (Å²) in [6.07, 6.45) is 3.56. The van der Waals surface area contributed by atoms with Gasteiger partial charge in [0.15, 0.2) is 10.9 Å². The first kappa shape index (κ1) is 22.0. The predicted octanol–water partition coefficient (Wildman–Crippen LogP) is 3.76. The number of carbonyl (C=O) groups excluding carboxylic acids is 1. The molecule has 0 atom stereocenters. The Morgan fingerprint density at radius 2 is 1.81 bits per heavy atom. The van der Waals surface area contributed by atoms with Crippen molar-refractivity contribution in [3.05, 3.63) is 58.4 Å². The molecule has 0 aliphatic rings. The zero-order chi connectivity index (χ0) is 22.5. The van der Waals surface area contributed by atoms with Gasteiger partial charge in [-0.1, -0.05) is 11.8 Å². The molecule has 2 aromatic carbocycles. The van der Waals surface area contributed by atoms with Gasteiger partial charge in [-0.15, -0.1) is 0 Å². The first-order chi connectivity index (χ1) is 14.9. The molecule has 0 unspecified atom stereocenters. The highest BCUT2D eigenvalue weighted by Gasteiger charge is 2.32. The van der Waals surface area contributed by atoms with Crippen molar-refractivity contribution in [3.8, 4) is 17.2 Å². The van der Waals surface area contributed by atoms with Crippen molar-refractivity contribution in [3.63, 3.8) is 0 Å². The fraction of sp³-hybridized carbons (Fsp3) is 0.200. The van der Waals surface area contributed by atoms with E-state index >= 15 is 0 Å². The van der Waals surface area contributed by atoms with E-state index in [1.807, 2.05) is 29.9 Å². The van der Waals surface area contributed by atoms with Gasteiger partial charge in [-0.3, -0.25) is 14.9 Å². The van der Waals surface area contributed by atoms with Crippen molar-refractivity contribution in [1.29, 1.82) is 0 Å². The third kappa shape index (κ3) is 4.56. The number of hydrogen-bond donors (Lipinski definition) is 1. The molecule has 3 rings (SSSR count). The van der Waals surface area contributed by atoms with Crippen LogP contribution < -0.4 is 19.5 Å². The number of rotatable bonds is 8. The molecule has 0 saturated heterocycles. The number of nitrogens with one attached hydrogen (secondary N) is 1. The van der Waals surface area contributed by atoms with E-state index in [0.717, 1.165) is 10.1 Å². The second-order valence-electron chi connectivity index (χ2n) is 6.20. The highest BCUT2D eigenvalue weighted by atomic mass is 32.2. The number of carbonyl (C=O) groups is 1. The molecule has 1 N–H and O–H groups in total. The summed E-state index contributed by atoms with van der Waals surface area (Å²) >= 11 is 1.47. The average molecular weight is 444 g/mol. The predicted molar refractivity (Wildman–Crippen MR) is 114 cm³/mol. The van der Waals surface area contributed by atoms with Crippen molar-refractivity contribution in [2.75, 3.05) is 26.6 Å². The van der Waals surface area contributed by atoms with Crippen molar-refractivity contribution in [1.82, 2.24) is 9.55 Å². The number of aromatic nitrogens is 2. The molecule has 1 aromatic heterocycles. The van der Waals surface area contributed by atoms with Gasteiger partial charge in [-0.2, -0.15) is 0 Å². The van der Waals surface area contributed by atoms with Gasteiger partial charge >= 0.3 is 5.69 Å². The van der Waals surface area contributed by atoms with Crippen LogP contribution in [-0.4, -0.2) is 41.7 Å². The Bertz CT molecular complexity index is 1110. The molecule has 0 aliphatic carbocycles. The van der Waals surface area contributed by atoms with E-state index in [1.165, 1.54) is 39.2 Å². The van der Waals surface area contributed by atoms with E-state index in [2.05, 4.69) is 10.3 Å². The molecular formula is C20H20N4O6S. The lowest BCUT2D eigenvalue weighted by Crippen LogP contribution is -2.15. The summed E-state index contributed by atoms with van der Waals surface area (Å²) < 4.78 is 17.4. The molecule has 0 aliphatic heterocycles. The number of nitrogens with zero attached hydrogens (tertiary/aromatic N) is 3. The van der Waals surface area contributed by atoms with E-state index in [0.29, 0.717) is 5.69 Å². The quantitative estimate of drug-likeness (QED) is 0.412. The Labute approximate surface area is 182 Å². The fourth-order valence-corrected chi connectivity index (χ4v) is 3.66. The molecule has 1 heterocycles. The molecule has 162 valence electrons. The van der Waals surface area contributed by atoms with Gasteiger partial charge in [0.25, 0.3) is 5.91 Å². The number of benzene rings is 2. The Kier molecular flexibility index (Phi) is 6.65. The Hall–Kier alpha value is -3.73. The summed E-state index contributed by atoms with van der Waals surface area (Å²) in [4.78, 5) is 29.0. The third-order valence-corrected chi connectivity index (χ3v) is 5.41. The lowest BCUT2D eigenvalue weighted by molar-refractivity contribution is -0.386. The number of nitro benzene ring substituents is 1. The molecule has 10 nitrogen and oxygen atoms in total. The van der Waals surface area contributed by atoms with Crippen LogP contribution in [0.15, 0.2) is 52.8 Å². The molecule has 0 radical (unpaired) electrons. The first-order valence-corrected chi connectivity index (χ1v) is 9.75. The second-order valence-corrected chi connectivity index (χ2v) is 7.24. The number of hydrogen-bond acceptors (Lipinski definition) is 8. The van der Waals surface area contributed by atoms with Gasteiger partial charge in [0, 0.05) is 36.1 Å². The van der Waals surface area contributed by atoms with Gasteiger partial charge in [0.1, 0.15) is 5.56 Å². The van der Waals surface area contributed by atoms with Crippen LogP contribution in [-0.2, 0) is 7.05 Å². The molecule has 0 bridgehead atoms. The Morgan fingerprint density at radius 1 is 1.13 bits per heavy atom. The minimum atomic E-state index is -0.692. The van der Waals surface area contributed by atoms with E-state index in [9.17, 15) is 14.9 Å². The van der Waals surface area contributed by atoms with Gasteiger partial charge < -0.3 is 24.1 Å². The maximum absolute atomic E-state index is 12.9. The van der Waals surface area contributed by atoms with Gasteiger partial charge in [0.2, 0.25) is 11.5 Å². The van der Waals surface area contributed by atoms with E-state index in [4.69, 9.17) is 14.2 Å². The highest BCUT2D eigenvalue weighted by molar-refractivity contribution is 7.99. The molecule has 0 spiro atoms. The van der Waals surface area contributed by atoms with Crippen LogP contribution >= 0.6 is 11.8 Å². The van der Waals surface area contributed by atoms with E-state index in [-0.39, 0.29) is 22.8 Å². The SMILES string of the molecule is COc1cc(C(=O)Nc2ccc(Sc3nccn3C)cc2)c([N+](=O)[O-])c(OC)c1OC. The van der Waals surface area contributed by atoms with Crippen molar-refractivity contribution in [2.45, 2.75) is 10.1 Å². The zero-order valence-corrected chi connectivity index (χ0v) is 18.1. The fourth-order valence-electron chi connectivity index (χ4n) is 2.86. The van der Waals surface area contributed by atoms with E-state index in [1.54, 1.807) is 18.3 Å². The normalized spacial score (nSPS) is 10.5. The number of amides is 1. The molecule has 1 amide bonds. The molecule has 3 aromatic rings. The summed E-state index contributed by atoms with van der Waals surface area (Å²) in [5, 5.41) is 15.2. The van der Waals surface area contributed by atoms with Gasteiger partial charge in [-0.05, 0) is 24.3 Å². The maximum atomic E-state index is 12.9. The lowest BCUT2D eigenvalue weighted by atomic mass is 10.1.